The highest BCUT2D eigenvalue weighted by Crippen LogP contribution is 2.39. The van der Waals surface area contributed by atoms with Gasteiger partial charge < -0.3 is 73.4 Å². The van der Waals surface area contributed by atoms with Crippen molar-refractivity contribution in [1.29, 1.82) is 0 Å². The Kier molecular flexibility index (Phi) is 19.5. The van der Waals surface area contributed by atoms with Gasteiger partial charge in [0.05, 0.1) is 39.6 Å². The molecule has 0 radical (unpaired) electrons. The lowest BCUT2D eigenvalue weighted by Crippen LogP contribution is -2.38. The first kappa shape index (κ1) is 48.1. The normalized spacial score (nSPS) is 13.4. The van der Waals surface area contributed by atoms with Crippen LogP contribution in [0.25, 0.3) is 0 Å². The molecule has 0 aliphatic heterocycles. The van der Waals surface area contributed by atoms with E-state index in [-0.39, 0.29) is 0 Å². The van der Waals surface area contributed by atoms with Crippen LogP contribution in [0.15, 0.2) is 0 Å². The molecule has 0 aromatic carbocycles. The molecule has 0 saturated carbocycles. The second-order valence-corrected chi connectivity index (χ2v) is 16.6. The van der Waals surface area contributed by atoms with Crippen molar-refractivity contribution < 1.29 is 113 Å². The Balaban J connectivity index is 3.84. The van der Waals surface area contributed by atoms with E-state index in [1.165, 1.54) is 0 Å². The summed E-state index contributed by atoms with van der Waals surface area (Å²) in [4.78, 5) is 124. The van der Waals surface area contributed by atoms with Crippen molar-refractivity contribution in [3.63, 3.8) is 0 Å². The van der Waals surface area contributed by atoms with Crippen molar-refractivity contribution in [1.82, 2.24) is 15.0 Å². The Morgan fingerprint density at radius 3 is 0.588 bits per heavy atom. The van der Waals surface area contributed by atoms with Gasteiger partial charge in [0, 0.05) is 39.3 Å². The zero-order valence-electron chi connectivity index (χ0n) is 25.6. The molecule has 0 aliphatic carbocycles. The molecule has 36 heteroatoms. The van der Waals surface area contributed by atoms with Crippen LogP contribution in [0.2, 0.25) is 0 Å². The van der Waals surface area contributed by atoms with Gasteiger partial charge in [0.1, 0.15) is 0 Å². The standard InChI is InChI=1S/C15H36N6O24P6/c22-46(23,24)40-7-1-19(2-8-41-47(25,26)27)13-16-14(20(3-9-42-48(28,29)30)4-10-43-49(31,32)33)18-15(17-13)21(5-11-44-50(34,35)36)6-12-45-51(37,38)39/h1-12H2,(H2,22,23,24)(H2,25,26,27)(H2,28,29,30)(H2,31,32,33)(H2,34,35,36)(H2,37,38,39). The van der Waals surface area contributed by atoms with E-state index in [0.29, 0.717) is 0 Å². The molecule has 1 aromatic rings. The number of phosphoric acid groups is 6. The Labute approximate surface area is 286 Å². The maximum atomic E-state index is 11.3. The second-order valence-electron chi connectivity index (χ2n) is 9.14. The van der Waals surface area contributed by atoms with Gasteiger partial charge >= 0.3 is 46.9 Å². The van der Waals surface area contributed by atoms with Crippen LogP contribution in [0.5, 0.6) is 0 Å². The van der Waals surface area contributed by atoms with Gasteiger partial charge in [-0.05, 0) is 0 Å². The van der Waals surface area contributed by atoms with Gasteiger partial charge in [-0.3, -0.25) is 27.1 Å². The van der Waals surface area contributed by atoms with Crippen LogP contribution in [0.4, 0.5) is 17.8 Å². The quantitative estimate of drug-likeness (QED) is 0.0391. The molecule has 0 bridgehead atoms. The smallest absolute Gasteiger partial charge is 0.336 e. The summed E-state index contributed by atoms with van der Waals surface area (Å²) in [5, 5.41) is 0. The van der Waals surface area contributed by atoms with Crippen LogP contribution in [0, 0.1) is 0 Å². The zero-order chi connectivity index (χ0) is 39.3. The number of phosphoric ester groups is 6. The highest BCUT2D eigenvalue weighted by Gasteiger charge is 2.26. The molecule has 0 fully saturated rings. The molecule has 0 spiro atoms. The van der Waals surface area contributed by atoms with E-state index < -0.39 is 144 Å². The SMILES string of the molecule is O=P(O)(O)OCCN(CCOP(=O)(O)O)c1nc(N(CCOP(=O)(O)O)CCOP(=O)(O)O)nc(N(CCOP(=O)(O)O)CCOP(=O)(O)O)n1. The fourth-order valence-corrected chi connectivity index (χ4v) is 5.24. The molecule has 0 aliphatic rings. The predicted molar refractivity (Wildman–Crippen MR) is 164 cm³/mol. The molecular formula is C15H36N6O24P6. The highest BCUT2D eigenvalue weighted by atomic mass is 31.2. The van der Waals surface area contributed by atoms with Gasteiger partial charge in [-0.2, -0.15) is 15.0 Å². The summed E-state index contributed by atoms with van der Waals surface area (Å²) in [6.07, 6.45) is 0. The molecule has 1 rings (SSSR count). The predicted octanol–water partition coefficient (Wildman–Crippen LogP) is -3.05. The molecule has 0 atom stereocenters. The van der Waals surface area contributed by atoms with Crippen molar-refractivity contribution in [3.8, 4) is 0 Å². The highest BCUT2D eigenvalue weighted by molar-refractivity contribution is 7.47. The van der Waals surface area contributed by atoms with Gasteiger partial charge in [-0.25, -0.2) is 27.4 Å². The number of anilines is 3. The van der Waals surface area contributed by atoms with Gasteiger partial charge in [-0.15, -0.1) is 0 Å². The summed E-state index contributed by atoms with van der Waals surface area (Å²) in [6.45, 7) is -8.30. The molecule has 30 nitrogen and oxygen atoms in total. The molecule has 0 amide bonds. The number of rotatable bonds is 27. The summed E-state index contributed by atoms with van der Waals surface area (Å²) < 4.78 is 94.0. The summed E-state index contributed by atoms with van der Waals surface area (Å²) in [5.41, 5.74) is 0. The fourth-order valence-electron chi connectivity index (χ4n) is 3.32. The van der Waals surface area contributed by atoms with Gasteiger partial charge in [-0.1, -0.05) is 0 Å². The third-order valence-corrected chi connectivity index (χ3v) is 8.29. The van der Waals surface area contributed by atoms with Gasteiger partial charge in [0.15, 0.2) is 0 Å². The van der Waals surface area contributed by atoms with E-state index in [9.17, 15) is 27.4 Å². The van der Waals surface area contributed by atoms with Crippen LogP contribution in [-0.4, -0.2) is 153 Å². The van der Waals surface area contributed by atoms with E-state index in [0.717, 1.165) is 14.7 Å². The van der Waals surface area contributed by atoms with Crippen molar-refractivity contribution >= 4 is 64.8 Å². The van der Waals surface area contributed by atoms with Crippen LogP contribution >= 0.6 is 46.9 Å². The fraction of sp³-hybridized carbons (Fsp3) is 0.800. The molecule has 51 heavy (non-hydrogen) atoms. The number of hydrogen-bond acceptors (Lipinski definition) is 18. The largest absolute Gasteiger partial charge is 0.469 e. The lowest BCUT2D eigenvalue weighted by Gasteiger charge is -2.29. The monoisotopic (exact) mass is 870 g/mol. The molecule has 0 unspecified atom stereocenters. The maximum Gasteiger partial charge on any atom is 0.469 e. The Bertz CT molecular complexity index is 1250. The Morgan fingerprint density at radius 2 is 0.471 bits per heavy atom. The number of hydrogen-bond donors (Lipinski definition) is 12. The molecular weight excluding hydrogens is 834 g/mol. The Morgan fingerprint density at radius 1 is 0.333 bits per heavy atom. The Hall–Kier alpha value is -0.930. The second kappa shape index (κ2) is 20.7. The van der Waals surface area contributed by atoms with Crippen molar-refractivity contribution in [2.45, 2.75) is 0 Å². The molecule has 300 valence electrons. The van der Waals surface area contributed by atoms with Crippen LogP contribution in [-0.2, 0) is 54.5 Å². The minimum absolute atomic E-state index is 0.563. The number of nitrogens with zero attached hydrogens (tertiary/aromatic N) is 6. The van der Waals surface area contributed by atoms with Crippen molar-refractivity contribution in [2.24, 2.45) is 0 Å². The molecule has 1 heterocycles. The topological polar surface area (TPSA) is 449 Å². The summed E-state index contributed by atoms with van der Waals surface area (Å²) >= 11 is 0. The van der Waals surface area contributed by atoms with E-state index in [1.54, 1.807) is 0 Å². The molecule has 12 N–H and O–H groups in total. The molecule has 0 saturated heterocycles. The van der Waals surface area contributed by atoms with Gasteiger partial charge in [0.25, 0.3) is 0 Å². The first-order valence-corrected chi connectivity index (χ1v) is 22.4. The van der Waals surface area contributed by atoms with Crippen LogP contribution in [0.1, 0.15) is 0 Å². The third kappa shape index (κ3) is 25.7. The first-order valence-electron chi connectivity index (χ1n) is 13.2. The van der Waals surface area contributed by atoms with Gasteiger partial charge in [0.2, 0.25) is 17.8 Å². The summed E-state index contributed by atoms with van der Waals surface area (Å²) in [6, 6.07) is 0. The minimum atomic E-state index is -5.08. The summed E-state index contributed by atoms with van der Waals surface area (Å²) in [5.74, 6) is -1.69. The maximum absolute atomic E-state index is 11.3. The van der Waals surface area contributed by atoms with Crippen molar-refractivity contribution in [3.05, 3.63) is 0 Å². The average Bonchev–Trinajstić information content (AvgIpc) is 2.90. The van der Waals surface area contributed by atoms with Crippen LogP contribution in [0.3, 0.4) is 0 Å². The third-order valence-electron chi connectivity index (χ3n) is 5.17. The van der Waals surface area contributed by atoms with Crippen molar-refractivity contribution in [2.75, 3.05) is 93.6 Å². The van der Waals surface area contributed by atoms with E-state index in [2.05, 4.69) is 42.1 Å². The lowest BCUT2D eigenvalue weighted by molar-refractivity contribution is 0.190. The number of aromatic nitrogens is 3. The zero-order valence-corrected chi connectivity index (χ0v) is 31.0. The van der Waals surface area contributed by atoms with Crippen LogP contribution < -0.4 is 14.7 Å². The first-order chi connectivity index (χ1) is 23.0. The van der Waals surface area contributed by atoms with E-state index in [4.69, 9.17) is 58.7 Å². The summed E-state index contributed by atoms with van der Waals surface area (Å²) in [7, 11) is -30.5. The van der Waals surface area contributed by atoms with E-state index in [1.807, 2.05) is 0 Å². The lowest BCUT2D eigenvalue weighted by atomic mass is 10.4. The van der Waals surface area contributed by atoms with E-state index >= 15 is 0 Å². The average molecular weight is 870 g/mol. The molecule has 1 aromatic heterocycles. The minimum Gasteiger partial charge on any atom is -0.336 e.